The molecule has 0 aliphatic rings. The Balaban J connectivity index is 2.07. The van der Waals surface area contributed by atoms with Crippen LogP contribution in [0.4, 0.5) is 0 Å². The fourth-order valence-corrected chi connectivity index (χ4v) is 2.83. The van der Waals surface area contributed by atoms with E-state index in [0.717, 1.165) is 31.8 Å². The zero-order valence-electron chi connectivity index (χ0n) is 9.86. The molecule has 0 amide bonds. The third kappa shape index (κ3) is 2.61. The van der Waals surface area contributed by atoms with Gasteiger partial charge in [0, 0.05) is 9.50 Å². The highest BCUT2D eigenvalue weighted by Gasteiger charge is 2.05. The molecule has 19 heavy (non-hydrogen) atoms. The third-order valence-electron chi connectivity index (χ3n) is 2.99. The highest BCUT2D eigenvalue weighted by atomic mass is 79.9. The number of fused-ring (bicyclic) bond motifs is 1. The van der Waals surface area contributed by atoms with E-state index < -0.39 is 0 Å². The molecule has 0 bridgehead atoms. The van der Waals surface area contributed by atoms with Crippen LogP contribution in [-0.4, -0.2) is 9.55 Å². The molecule has 2 nitrogen and oxygen atoms in total. The fourth-order valence-electron chi connectivity index (χ4n) is 2.07. The second-order valence-corrected chi connectivity index (χ2v) is 6.04. The van der Waals surface area contributed by atoms with Crippen LogP contribution in [0.15, 0.2) is 46.9 Å². The van der Waals surface area contributed by atoms with Crippen molar-refractivity contribution in [3.63, 3.8) is 0 Å². The minimum Gasteiger partial charge on any atom is -0.331 e. The lowest BCUT2D eigenvalue weighted by atomic mass is 10.2. The second-order valence-electron chi connectivity index (χ2n) is 4.30. The van der Waals surface area contributed by atoms with Crippen LogP contribution in [0.5, 0.6) is 0 Å². The van der Waals surface area contributed by atoms with Crippen molar-refractivity contribution in [2.24, 2.45) is 0 Å². The van der Waals surface area contributed by atoms with Crippen molar-refractivity contribution in [3.8, 4) is 0 Å². The van der Waals surface area contributed by atoms with Crippen molar-refractivity contribution in [1.82, 2.24) is 9.55 Å². The van der Waals surface area contributed by atoms with Gasteiger partial charge >= 0.3 is 0 Å². The lowest BCUT2D eigenvalue weighted by molar-refractivity contribution is 0.810. The highest BCUT2D eigenvalue weighted by molar-refractivity contribution is 9.10. The van der Waals surface area contributed by atoms with E-state index >= 15 is 0 Å². The number of nitrogens with zero attached hydrogens (tertiary/aromatic N) is 1. The Morgan fingerprint density at radius 3 is 2.63 bits per heavy atom. The molecule has 2 aromatic carbocycles. The summed E-state index contributed by atoms with van der Waals surface area (Å²) in [7, 11) is 0. The Kier molecular flexibility index (Phi) is 3.48. The molecule has 0 saturated carbocycles. The number of hydrogen-bond acceptors (Lipinski definition) is 1. The lowest BCUT2D eigenvalue weighted by Gasteiger charge is -2.05. The Hall–Kier alpha value is -1.10. The summed E-state index contributed by atoms with van der Waals surface area (Å²) in [6, 6.07) is 13.9. The number of nitrogens with one attached hydrogen (secondary N) is 1. The molecule has 0 aliphatic heterocycles. The van der Waals surface area contributed by atoms with E-state index in [1.165, 1.54) is 5.56 Å². The maximum absolute atomic E-state index is 5.90. The molecule has 96 valence electrons. The molecule has 0 fully saturated rings. The van der Waals surface area contributed by atoms with Gasteiger partial charge in [0.1, 0.15) is 0 Å². The summed E-state index contributed by atoms with van der Waals surface area (Å²) in [6.07, 6.45) is 0. The summed E-state index contributed by atoms with van der Waals surface area (Å²) in [4.78, 5) is 3.22. The molecule has 1 aromatic heterocycles. The fraction of sp³-hybridized carbons (Fsp3) is 0.0714. The van der Waals surface area contributed by atoms with Gasteiger partial charge in [-0.3, -0.25) is 0 Å². The minimum atomic E-state index is 0.725. The molecular formula is C14H10BrClN2S. The summed E-state index contributed by atoms with van der Waals surface area (Å²) in [5.74, 6) is 0. The molecule has 0 unspecified atom stereocenters. The number of aromatic nitrogens is 2. The van der Waals surface area contributed by atoms with Crippen LogP contribution in [-0.2, 0) is 6.54 Å². The van der Waals surface area contributed by atoms with Crippen LogP contribution in [0, 0.1) is 4.77 Å². The van der Waals surface area contributed by atoms with E-state index in [0.29, 0.717) is 0 Å². The second kappa shape index (κ2) is 5.12. The van der Waals surface area contributed by atoms with Crippen LogP contribution in [0.2, 0.25) is 5.02 Å². The standard InChI is InChI=1S/C14H10BrClN2S/c15-10-3-6-13-12(7-10)17-14(19)18(13)8-9-1-4-11(16)5-2-9/h1-7H,8H2,(H,17,19). The van der Waals surface area contributed by atoms with Gasteiger partial charge in [-0.25, -0.2) is 0 Å². The van der Waals surface area contributed by atoms with E-state index in [1.54, 1.807) is 0 Å². The van der Waals surface area contributed by atoms with Crippen LogP contribution < -0.4 is 0 Å². The summed E-state index contributed by atoms with van der Waals surface area (Å²) >= 11 is 14.7. The summed E-state index contributed by atoms with van der Waals surface area (Å²) in [5.41, 5.74) is 3.31. The normalized spacial score (nSPS) is 11.1. The lowest BCUT2D eigenvalue weighted by Crippen LogP contribution is -1.99. The van der Waals surface area contributed by atoms with Crippen molar-refractivity contribution in [2.75, 3.05) is 0 Å². The number of H-pyrrole nitrogens is 1. The SMILES string of the molecule is S=c1[nH]c2cc(Br)ccc2n1Cc1ccc(Cl)cc1. The highest BCUT2D eigenvalue weighted by Crippen LogP contribution is 2.21. The predicted octanol–water partition coefficient (Wildman–Crippen LogP) is 5.16. The maximum Gasteiger partial charge on any atom is 0.178 e. The molecule has 5 heteroatoms. The Bertz CT molecular complexity index is 789. The van der Waals surface area contributed by atoms with E-state index in [1.807, 2.05) is 36.4 Å². The number of benzene rings is 2. The van der Waals surface area contributed by atoms with Gasteiger partial charge in [-0.05, 0) is 48.1 Å². The van der Waals surface area contributed by atoms with Gasteiger partial charge in [-0.2, -0.15) is 0 Å². The van der Waals surface area contributed by atoms with Crippen molar-refractivity contribution in [1.29, 1.82) is 0 Å². The van der Waals surface area contributed by atoms with Crippen molar-refractivity contribution in [2.45, 2.75) is 6.54 Å². The average molecular weight is 354 g/mol. The predicted molar refractivity (Wildman–Crippen MR) is 85.4 cm³/mol. The van der Waals surface area contributed by atoms with E-state index in [2.05, 4.69) is 31.5 Å². The number of hydrogen-bond donors (Lipinski definition) is 1. The van der Waals surface area contributed by atoms with Crippen molar-refractivity contribution >= 4 is 50.8 Å². The first-order valence-corrected chi connectivity index (χ1v) is 7.34. The smallest absolute Gasteiger partial charge is 0.178 e. The summed E-state index contributed by atoms with van der Waals surface area (Å²) in [6.45, 7) is 0.734. The van der Waals surface area contributed by atoms with Crippen LogP contribution in [0.25, 0.3) is 11.0 Å². The van der Waals surface area contributed by atoms with Crippen molar-refractivity contribution < 1.29 is 0 Å². The summed E-state index contributed by atoms with van der Waals surface area (Å²) in [5, 5.41) is 0.746. The topological polar surface area (TPSA) is 20.7 Å². The molecule has 3 aromatic rings. The number of rotatable bonds is 2. The van der Waals surface area contributed by atoms with E-state index in [4.69, 9.17) is 23.8 Å². The van der Waals surface area contributed by atoms with Gasteiger partial charge in [-0.15, -0.1) is 0 Å². The van der Waals surface area contributed by atoms with Gasteiger partial charge in [0.2, 0.25) is 0 Å². The van der Waals surface area contributed by atoms with E-state index in [9.17, 15) is 0 Å². The molecule has 0 aliphatic carbocycles. The first-order chi connectivity index (χ1) is 9.13. The van der Waals surface area contributed by atoms with Crippen LogP contribution in [0.1, 0.15) is 5.56 Å². The van der Waals surface area contributed by atoms with Gasteiger partial charge in [0.05, 0.1) is 17.6 Å². The molecule has 0 spiro atoms. The zero-order valence-corrected chi connectivity index (χ0v) is 13.0. The van der Waals surface area contributed by atoms with Gasteiger partial charge in [0.25, 0.3) is 0 Å². The average Bonchev–Trinajstić information content (AvgIpc) is 2.68. The zero-order chi connectivity index (χ0) is 13.4. The molecule has 3 rings (SSSR count). The Labute approximate surface area is 129 Å². The van der Waals surface area contributed by atoms with Gasteiger partial charge < -0.3 is 9.55 Å². The molecule has 0 radical (unpaired) electrons. The molecule has 1 N–H and O–H groups in total. The van der Waals surface area contributed by atoms with E-state index in [-0.39, 0.29) is 0 Å². The molecule has 0 atom stereocenters. The first-order valence-electron chi connectivity index (χ1n) is 5.76. The number of imidazole rings is 1. The van der Waals surface area contributed by atoms with Gasteiger partial charge in [0.15, 0.2) is 4.77 Å². The summed E-state index contributed by atoms with van der Waals surface area (Å²) < 4.78 is 3.85. The first kappa shape index (κ1) is 12.9. The molecule has 0 saturated heterocycles. The van der Waals surface area contributed by atoms with Gasteiger partial charge in [-0.1, -0.05) is 39.7 Å². The Morgan fingerprint density at radius 2 is 1.89 bits per heavy atom. The quantitative estimate of drug-likeness (QED) is 0.631. The van der Waals surface area contributed by atoms with Crippen LogP contribution >= 0.6 is 39.7 Å². The number of halogens is 2. The minimum absolute atomic E-state index is 0.725. The Morgan fingerprint density at radius 1 is 1.16 bits per heavy atom. The number of aromatic amines is 1. The largest absolute Gasteiger partial charge is 0.331 e. The van der Waals surface area contributed by atoms with Crippen LogP contribution in [0.3, 0.4) is 0 Å². The molecule has 1 heterocycles. The molecular weight excluding hydrogens is 344 g/mol. The van der Waals surface area contributed by atoms with Crippen molar-refractivity contribution in [3.05, 3.63) is 62.3 Å². The maximum atomic E-state index is 5.90. The monoisotopic (exact) mass is 352 g/mol. The third-order valence-corrected chi connectivity index (χ3v) is 4.06.